The predicted molar refractivity (Wildman–Crippen MR) is 92.4 cm³/mol. The van der Waals surface area contributed by atoms with E-state index in [1.807, 2.05) is 24.3 Å². The van der Waals surface area contributed by atoms with E-state index in [2.05, 4.69) is 12.2 Å². The number of benzene rings is 1. The van der Waals surface area contributed by atoms with Gasteiger partial charge in [-0.25, -0.2) is 4.79 Å². The number of amides is 3. The molecule has 4 unspecified atom stereocenters. The quantitative estimate of drug-likeness (QED) is 0.814. The highest BCUT2D eigenvalue weighted by Gasteiger charge is 2.62. The summed E-state index contributed by atoms with van der Waals surface area (Å²) >= 11 is 0. The Balaban J connectivity index is 1.27. The van der Waals surface area contributed by atoms with Gasteiger partial charge in [0.05, 0.1) is 30.6 Å². The third-order valence-corrected chi connectivity index (χ3v) is 5.53. The third-order valence-electron chi connectivity index (χ3n) is 5.53. The van der Waals surface area contributed by atoms with Gasteiger partial charge in [-0.1, -0.05) is 19.1 Å². The van der Waals surface area contributed by atoms with E-state index in [0.29, 0.717) is 5.69 Å². The lowest BCUT2D eigenvalue weighted by Crippen LogP contribution is -2.37. The molecule has 1 N–H and O–H groups in total. The molecule has 2 bridgehead atoms. The molecule has 3 saturated heterocycles. The van der Waals surface area contributed by atoms with E-state index < -0.39 is 6.09 Å². The van der Waals surface area contributed by atoms with Crippen LogP contribution in [-0.4, -0.2) is 48.2 Å². The van der Waals surface area contributed by atoms with Gasteiger partial charge in [0.1, 0.15) is 6.61 Å². The fourth-order valence-corrected chi connectivity index (χ4v) is 4.20. The first-order chi connectivity index (χ1) is 12.6. The van der Waals surface area contributed by atoms with E-state index >= 15 is 0 Å². The number of nitrogens with one attached hydrogen (secondary N) is 1. The highest BCUT2D eigenvalue weighted by molar-refractivity contribution is 6.06. The van der Waals surface area contributed by atoms with Crippen LogP contribution in [-0.2, 0) is 25.5 Å². The smallest absolute Gasteiger partial charge is 0.411 e. The maximum absolute atomic E-state index is 12.5. The van der Waals surface area contributed by atoms with Gasteiger partial charge < -0.3 is 9.47 Å². The Morgan fingerprint density at radius 2 is 1.77 bits per heavy atom. The van der Waals surface area contributed by atoms with Crippen LogP contribution in [0.5, 0.6) is 0 Å². The molecule has 3 amide bonds. The van der Waals surface area contributed by atoms with Crippen molar-refractivity contribution < 1.29 is 23.9 Å². The summed E-state index contributed by atoms with van der Waals surface area (Å²) in [6.45, 7) is 2.13. The molecule has 3 aliphatic heterocycles. The van der Waals surface area contributed by atoms with E-state index in [4.69, 9.17) is 9.47 Å². The highest BCUT2D eigenvalue weighted by Crippen LogP contribution is 2.48. The molecule has 0 radical (unpaired) electrons. The number of anilines is 1. The number of hydrogen-bond acceptors (Lipinski definition) is 5. The van der Waals surface area contributed by atoms with Crippen molar-refractivity contribution in [2.45, 2.75) is 38.4 Å². The third kappa shape index (κ3) is 2.86. The first-order valence-electron chi connectivity index (χ1n) is 9.12. The van der Waals surface area contributed by atoms with E-state index in [1.165, 1.54) is 10.5 Å². The zero-order valence-corrected chi connectivity index (χ0v) is 14.6. The standard InChI is InChI=1S/C19H22N2O5/c1-2-11-3-5-12(6-4-11)20-19(24)25-10-9-21-17(22)15-13-7-8-14(26-13)16(15)18(21)23/h3-6,13-16H,2,7-10H2,1H3,(H,20,24). The number of ether oxygens (including phenoxy) is 2. The average Bonchev–Trinajstić information content (AvgIpc) is 3.32. The van der Waals surface area contributed by atoms with Gasteiger partial charge in [-0.15, -0.1) is 0 Å². The monoisotopic (exact) mass is 358 g/mol. The van der Waals surface area contributed by atoms with Gasteiger partial charge in [-0.05, 0) is 37.0 Å². The van der Waals surface area contributed by atoms with Crippen LogP contribution in [0.3, 0.4) is 0 Å². The first kappa shape index (κ1) is 17.0. The molecule has 1 aromatic rings. The number of rotatable bonds is 5. The van der Waals surface area contributed by atoms with Crippen molar-refractivity contribution in [1.82, 2.24) is 4.90 Å². The molecule has 26 heavy (non-hydrogen) atoms. The molecule has 4 rings (SSSR count). The van der Waals surface area contributed by atoms with Crippen molar-refractivity contribution in [3.63, 3.8) is 0 Å². The van der Waals surface area contributed by atoms with Gasteiger partial charge in [-0.3, -0.25) is 19.8 Å². The van der Waals surface area contributed by atoms with E-state index in [0.717, 1.165) is 19.3 Å². The number of carbonyl (C=O) groups is 3. The minimum absolute atomic E-state index is 0.0218. The maximum Gasteiger partial charge on any atom is 0.411 e. The molecule has 0 aliphatic carbocycles. The van der Waals surface area contributed by atoms with E-state index in [9.17, 15) is 14.4 Å². The molecule has 138 valence electrons. The summed E-state index contributed by atoms with van der Waals surface area (Å²) in [6.07, 6.45) is 1.76. The minimum Gasteiger partial charge on any atom is -0.447 e. The molecule has 0 saturated carbocycles. The van der Waals surface area contributed by atoms with Gasteiger partial charge in [0.2, 0.25) is 11.8 Å². The number of aryl methyl sites for hydroxylation is 1. The SMILES string of the molecule is CCc1ccc(NC(=O)OCCN2C(=O)C3C4CCC(O4)C3C2=O)cc1. The highest BCUT2D eigenvalue weighted by atomic mass is 16.5. The second kappa shape index (κ2) is 6.72. The molecule has 7 heteroatoms. The second-order valence-corrected chi connectivity index (χ2v) is 6.98. The van der Waals surface area contributed by atoms with Crippen molar-refractivity contribution in [1.29, 1.82) is 0 Å². The number of likely N-dealkylation sites (tertiary alicyclic amines) is 1. The summed E-state index contributed by atoms with van der Waals surface area (Å²) in [6, 6.07) is 7.49. The second-order valence-electron chi connectivity index (χ2n) is 6.98. The van der Waals surface area contributed by atoms with Gasteiger partial charge >= 0.3 is 6.09 Å². The van der Waals surface area contributed by atoms with Crippen LogP contribution < -0.4 is 5.32 Å². The number of imide groups is 1. The molecule has 3 aliphatic rings. The number of hydrogen-bond donors (Lipinski definition) is 1. The van der Waals surface area contributed by atoms with Crippen LogP contribution in [0.1, 0.15) is 25.3 Å². The fourth-order valence-electron chi connectivity index (χ4n) is 4.20. The summed E-state index contributed by atoms with van der Waals surface area (Å²) < 4.78 is 10.8. The Hall–Kier alpha value is -2.41. The summed E-state index contributed by atoms with van der Waals surface area (Å²) in [5, 5.41) is 2.64. The molecule has 0 spiro atoms. The Kier molecular flexibility index (Phi) is 4.40. The van der Waals surface area contributed by atoms with Crippen LogP contribution >= 0.6 is 0 Å². The average molecular weight is 358 g/mol. The predicted octanol–water partition coefficient (Wildman–Crippen LogP) is 1.96. The number of fused-ring (bicyclic) bond motifs is 5. The molecular formula is C19H22N2O5. The Labute approximate surface area is 151 Å². The Morgan fingerprint density at radius 1 is 1.15 bits per heavy atom. The van der Waals surface area contributed by atoms with Gasteiger partial charge in [0, 0.05) is 5.69 Å². The first-order valence-corrected chi connectivity index (χ1v) is 9.12. The lowest BCUT2D eigenvalue weighted by atomic mass is 9.81. The molecule has 1 aromatic carbocycles. The molecule has 4 atom stereocenters. The van der Waals surface area contributed by atoms with Crippen molar-refractivity contribution >= 4 is 23.6 Å². The molecule has 3 fully saturated rings. The normalized spacial score (nSPS) is 29.2. The Morgan fingerprint density at radius 3 is 2.35 bits per heavy atom. The van der Waals surface area contributed by atoms with Crippen molar-refractivity contribution in [3.05, 3.63) is 29.8 Å². The molecular weight excluding hydrogens is 336 g/mol. The molecule has 7 nitrogen and oxygen atoms in total. The van der Waals surface area contributed by atoms with Crippen molar-refractivity contribution in [2.24, 2.45) is 11.8 Å². The summed E-state index contributed by atoms with van der Waals surface area (Å²) in [7, 11) is 0. The number of carbonyl (C=O) groups excluding carboxylic acids is 3. The molecule has 0 aromatic heterocycles. The van der Waals surface area contributed by atoms with Gasteiger partial charge in [0.15, 0.2) is 0 Å². The minimum atomic E-state index is -0.600. The van der Waals surface area contributed by atoms with Gasteiger partial charge in [-0.2, -0.15) is 0 Å². The summed E-state index contributed by atoms with van der Waals surface area (Å²) in [5.41, 5.74) is 1.82. The summed E-state index contributed by atoms with van der Waals surface area (Å²) in [4.78, 5) is 38.1. The fraction of sp³-hybridized carbons (Fsp3) is 0.526. The lowest BCUT2D eigenvalue weighted by molar-refractivity contribution is -0.143. The van der Waals surface area contributed by atoms with E-state index in [-0.39, 0.29) is 49.0 Å². The summed E-state index contributed by atoms with van der Waals surface area (Å²) in [5.74, 6) is -1.06. The zero-order valence-electron chi connectivity index (χ0n) is 14.6. The van der Waals surface area contributed by atoms with Crippen LogP contribution in [0.25, 0.3) is 0 Å². The van der Waals surface area contributed by atoms with Crippen LogP contribution in [0.4, 0.5) is 10.5 Å². The maximum atomic E-state index is 12.5. The van der Waals surface area contributed by atoms with Gasteiger partial charge in [0.25, 0.3) is 0 Å². The van der Waals surface area contributed by atoms with Crippen molar-refractivity contribution in [2.75, 3.05) is 18.5 Å². The van der Waals surface area contributed by atoms with E-state index in [1.54, 1.807) is 0 Å². The largest absolute Gasteiger partial charge is 0.447 e. The van der Waals surface area contributed by atoms with Crippen LogP contribution in [0, 0.1) is 11.8 Å². The molecule has 3 heterocycles. The van der Waals surface area contributed by atoms with Crippen LogP contribution in [0.2, 0.25) is 0 Å². The van der Waals surface area contributed by atoms with Crippen molar-refractivity contribution in [3.8, 4) is 0 Å². The number of nitrogens with zero attached hydrogens (tertiary/aromatic N) is 1. The van der Waals surface area contributed by atoms with Crippen LogP contribution in [0.15, 0.2) is 24.3 Å². The zero-order chi connectivity index (χ0) is 18.3. The lowest BCUT2D eigenvalue weighted by Gasteiger charge is -2.17. The topological polar surface area (TPSA) is 84.9 Å². The Bertz CT molecular complexity index is 704.